The highest BCUT2D eigenvalue weighted by Crippen LogP contribution is 2.33. The largest absolute Gasteiger partial charge is 0.447 e. The van der Waals surface area contributed by atoms with Gasteiger partial charge in [0.15, 0.2) is 0 Å². The van der Waals surface area contributed by atoms with Gasteiger partial charge in [-0.15, -0.1) is 0 Å². The van der Waals surface area contributed by atoms with Gasteiger partial charge in [-0.05, 0) is 18.6 Å². The Kier molecular flexibility index (Phi) is 5.41. The van der Waals surface area contributed by atoms with E-state index in [-0.39, 0.29) is 12.6 Å². The molecule has 8 nitrogen and oxygen atoms in total. The van der Waals surface area contributed by atoms with Crippen molar-refractivity contribution in [1.82, 2.24) is 24.8 Å². The predicted molar refractivity (Wildman–Crippen MR) is 112 cm³/mol. The van der Waals surface area contributed by atoms with Crippen molar-refractivity contribution in [3.8, 4) is 10.6 Å². The fourth-order valence-corrected chi connectivity index (χ4v) is 4.00. The van der Waals surface area contributed by atoms with Crippen molar-refractivity contribution in [2.75, 3.05) is 20.3 Å². The molecule has 1 amide bonds. The molecule has 9 heteroatoms. The molecule has 0 aliphatic carbocycles. The lowest BCUT2D eigenvalue weighted by Crippen LogP contribution is -2.28. The molecule has 3 aromatic heterocycles. The van der Waals surface area contributed by atoms with E-state index in [9.17, 15) is 4.79 Å². The third-order valence-electron chi connectivity index (χ3n) is 4.59. The molecule has 29 heavy (non-hydrogen) atoms. The quantitative estimate of drug-likeness (QED) is 0.487. The average molecular weight is 411 g/mol. The summed E-state index contributed by atoms with van der Waals surface area (Å²) in [6.07, 6.45) is 3.07. The van der Waals surface area contributed by atoms with Gasteiger partial charge in [0.25, 0.3) is 0 Å². The molecule has 0 radical (unpaired) electrons. The number of aryl methyl sites for hydroxylation is 1. The normalized spacial score (nSPS) is 12.4. The number of hydrogen-bond donors (Lipinski definition) is 1. The third-order valence-corrected chi connectivity index (χ3v) is 5.60. The van der Waals surface area contributed by atoms with Crippen LogP contribution in [-0.4, -0.2) is 45.9 Å². The summed E-state index contributed by atoms with van der Waals surface area (Å²) in [4.78, 5) is 26.4. The van der Waals surface area contributed by atoms with Crippen LogP contribution in [0.3, 0.4) is 0 Å². The summed E-state index contributed by atoms with van der Waals surface area (Å²) in [5.41, 5.74) is 4.59. The van der Waals surface area contributed by atoms with Gasteiger partial charge in [0.1, 0.15) is 27.5 Å². The number of aromatic nitrogens is 4. The van der Waals surface area contributed by atoms with Crippen LogP contribution in [-0.2, 0) is 16.5 Å². The monoisotopic (exact) mass is 411 g/mol. The number of methoxy groups -OCH3 is 1. The number of imidazole rings is 1. The number of carbonyl (C=O) groups is 1. The summed E-state index contributed by atoms with van der Waals surface area (Å²) in [6.45, 7) is 2.50. The first-order valence-corrected chi connectivity index (χ1v) is 9.97. The maximum atomic E-state index is 11.9. The zero-order chi connectivity index (χ0) is 20.4. The topological polar surface area (TPSA) is 91.2 Å². The molecule has 4 aromatic rings. The first kappa shape index (κ1) is 19.3. The number of fused-ring (bicyclic) bond motifs is 3. The van der Waals surface area contributed by atoms with E-state index in [2.05, 4.69) is 15.3 Å². The highest BCUT2D eigenvalue weighted by molar-refractivity contribution is 7.21. The minimum absolute atomic E-state index is 0.207. The molecular formula is C20H21N5O3S. The molecule has 0 saturated carbocycles. The van der Waals surface area contributed by atoms with Crippen molar-refractivity contribution in [1.29, 1.82) is 0 Å². The Morgan fingerprint density at radius 2 is 2.17 bits per heavy atom. The lowest BCUT2D eigenvalue weighted by atomic mass is 10.1. The van der Waals surface area contributed by atoms with Gasteiger partial charge in [0.2, 0.25) is 0 Å². The van der Waals surface area contributed by atoms with Crippen molar-refractivity contribution in [3.05, 3.63) is 42.4 Å². The summed E-state index contributed by atoms with van der Waals surface area (Å²) in [5, 5.41) is 3.70. The van der Waals surface area contributed by atoms with Crippen molar-refractivity contribution in [2.45, 2.75) is 13.0 Å². The highest BCUT2D eigenvalue weighted by Gasteiger charge is 2.15. The van der Waals surface area contributed by atoms with Crippen LogP contribution in [0.1, 0.15) is 18.5 Å². The number of pyridine rings is 1. The van der Waals surface area contributed by atoms with Crippen LogP contribution < -0.4 is 5.32 Å². The molecule has 1 N–H and O–H groups in total. The molecule has 0 saturated heterocycles. The number of amides is 1. The smallest absolute Gasteiger partial charge is 0.407 e. The maximum absolute atomic E-state index is 11.9. The predicted octanol–water partition coefficient (Wildman–Crippen LogP) is 3.68. The number of thiazole rings is 1. The molecule has 4 rings (SSSR count). The van der Waals surface area contributed by atoms with Crippen molar-refractivity contribution in [3.63, 3.8) is 0 Å². The summed E-state index contributed by atoms with van der Waals surface area (Å²) in [5.74, 6) is 0. The minimum atomic E-state index is -0.470. The van der Waals surface area contributed by atoms with Crippen LogP contribution in [0.15, 0.2) is 36.8 Å². The van der Waals surface area contributed by atoms with E-state index in [1.54, 1.807) is 19.6 Å². The summed E-state index contributed by atoms with van der Waals surface area (Å²) >= 11 is 1.54. The van der Waals surface area contributed by atoms with Crippen LogP contribution in [0.4, 0.5) is 4.79 Å². The van der Waals surface area contributed by atoms with Gasteiger partial charge in [0, 0.05) is 19.7 Å². The number of alkyl carbamates (subject to hydrolysis) is 1. The lowest BCUT2D eigenvalue weighted by Gasteiger charge is -2.15. The Morgan fingerprint density at radius 3 is 3.00 bits per heavy atom. The van der Waals surface area contributed by atoms with Gasteiger partial charge >= 0.3 is 6.09 Å². The minimum Gasteiger partial charge on any atom is -0.447 e. The number of hydrogen-bond acceptors (Lipinski definition) is 7. The van der Waals surface area contributed by atoms with E-state index in [0.29, 0.717) is 6.61 Å². The molecule has 0 spiro atoms. The van der Waals surface area contributed by atoms with E-state index in [1.807, 2.05) is 42.8 Å². The Labute approximate surface area is 171 Å². The first-order chi connectivity index (χ1) is 14.1. The van der Waals surface area contributed by atoms with Crippen LogP contribution >= 0.6 is 11.3 Å². The molecule has 1 atom stereocenters. The number of nitrogens with zero attached hydrogens (tertiary/aromatic N) is 4. The molecule has 3 heterocycles. The van der Waals surface area contributed by atoms with Crippen LogP contribution in [0.2, 0.25) is 0 Å². The fourth-order valence-electron chi connectivity index (χ4n) is 3.09. The van der Waals surface area contributed by atoms with E-state index < -0.39 is 6.09 Å². The lowest BCUT2D eigenvalue weighted by molar-refractivity contribution is 0.0968. The SMILES string of the molecule is COCCOC(=O)N[C@@H](C)c1cccc(-c2nc3c(ncc4ncn(C)c43)s2)c1. The Bertz CT molecular complexity index is 1170. The van der Waals surface area contributed by atoms with Gasteiger partial charge < -0.3 is 19.4 Å². The number of ether oxygens (including phenoxy) is 2. The number of carbonyl (C=O) groups excluding carboxylic acids is 1. The Balaban J connectivity index is 1.59. The summed E-state index contributed by atoms with van der Waals surface area (Å²) < 4.78 is 11.9. The fraction of sp³-hybridized carbons (Fsp3) is 0.300. The standard InChI is InChI=1S/C20H21N5O3S/c1-12(23-20(26)28-8-7-27-3)13-5-4-6-14(9-13)18-24-16-17-15(22-11-25(17)2)10-21-19(16)29-18/h4-6,9-12H,7-8H2,1-3H3,(H,23,26)/t12-/m0/s1. The molecule has 0 aliphatic rings. The highest BCUT2D eigenvalue weighted by atomic mass is 32.1. The second-order valence-electron chi connectivity index (χ2n) is 6.64. The van der Waals surface area contributed by atoms with Gasteiger partial charge in [-0.25, -0.2) is 19.7 Å². The Morgan fingerprint density at radius 1 is 1.31 bits per heavy atom. The van der Waals surface area contributed by atoms with Crippen molar-refractivity contribution < 1.29 is 14.3 Å². The maximum Gasteiger partial charge on any atom is 0.407 e. The summed E-state index contributed by atoms with van der Waals surface area (Å²) in [6, 6.07) is 7.75. The zero-order valence-electron chi connectivity index (χ0n) is 16.4. The summed E-state index contributed by atoms with van der Waals surface area (Å²) in [7, 11) is 3.51. The first-order valence-electron chi connectivity index (χ1n) is 9.16. The molecular weight excluding hydrogens is 390 g/mol. The van der Waals surface area contributed by atoms with Gasteiger partial charge in [0.05, 0.1) is 30.7 Å². The number of benzene rings is 1. The Hall–Kier alpha value is -3.04. The van der Waals surface area contributed by atoms with Crippen LogP contribution in [0.5, 0.6) is 0 Å². The molecule has 0 bridgehead atoms. The second-order valence-corrected chi connectivity index (χ2v) is 7.62. The average Bonchev–Trinajstić information content (AvgIpc) is 3.31. The van der Waals surface area contributed by atoms with Crippen molar-refractivity contribution in [2.24, 2.45) is 7.05 Å². The molecule has 0 aliphatic heterocycles. The van der Waals surface area contributed by atoms with E-state index in [0.717, 1.165) is 37.5 Å². The van der Waals surface area contributed by atoms with E-state index in [1.165, 1.54) is 11.3 Å². The van der Waals surface area contributed by atoms with Crippen LogP contribution in [0, 0.1) is 0 Å². The van der Waals surface area contributed by atoms with Gasteiger partial charge in [-0.3, -0.25) is 0 Å². The van der Waals surface area contributed by atoms with E-state index in [4.69, 9.17) is 14.5 Å². The third kappa shape index (κ3) is 3.92. The van der Waals surface area contributed by atoms with Crippen molar-refractivity contribution >= 4 is 38.8 Å². The zero-order valence-corrected chi connectivity index (χ0v) is 17.2. The molecule has 150 valence electrons. The van der Waals surface area contributed by atoms with Gasteiger partial charge in [-0.1, -0.05) is 29.5 Å². The van der Waals surface area contributed by atoms with Gasteiger partial charge in [-0.2, -0.15) is 0 Å². The van der Waals surface area contributed by atoms with E-state index >= 15 is 0 Å². The second kappa shape index (κ2) is 8.14. The molecule has 0 unspecified atom stereocenters. The number of nitrogens with one attached hydrogen (secondary N) is 1. The van der Waals surface area contributed by atoms with Crippen LogP contribution in [0.25, 0.3) is 32.0 Å². The number of rotatable bonds is 6. The molecule has 0 fully saturated rings. The molecule has 1 aromatic carbocycles.